The molecule has 0 heterocycles. The molecule has 0 saturated heterocycles. The van der Waals surface area contributed by atoms with Gasteiger partial charge in [-0.05, 0) is 42.1 Å². The van der Waals surface area contributed by atoms with Crippen molar-refractivity contribution in [2.75, 3.05) is 0 Å². The number of hydrogen-bond acceptors (Lipinski definition) is 2. The normalized spacial score (nSPS) is 10.7. The first-order valence-corrected chi connectivity index (χ1v) is 3.59. The lowest BCUT2D eigenvalue weighted by molar-refractivity contribution is 0.703. The molecule has 0 aromatic heterocycles. The second-order valence-electron chi connectivity index (χ2n) is 2.00. The van der Waals surface area contributed by atoms with Crippen LogP contribution in [0.2, 0.25) is 0 Å². The highest BCUT2D eigenvalue weighted by molar-refractivity contribution is 9.18. The molecule has 0 spiro atoms. The molecule has 0 fully saturated rings. The number of halogens is 1. The smallest absolute Gasteiger partial charge is 0.0981 e. The van der Waals surface area contributed by atoms with Gasteiger partial charge in [-0.3, -0.25) is 5.41 Å². The van der Waals surface area contributed by atoms with Gasteiger partial charge in [0.1, 0.15) is 0 Å². The maximum atomic E-state index is 6.93. The van der Waals surface area contributed by atoms with E-state index in [0.717, 1.165) is 0 Å². The van der Waals surface area contributed by atoms with Crippen molar-refractivity contribution in [1.29, 1.82) is 5.41 Å². The van der Waals surface area contributed by atoms with E-state index in [1.165, 1.54) is 0 Å². The van der Waals surface area contributed by atoms with Crippen LogP contribution >= 0.6 is 15.9 Å². The van der Waals surface area contributed by atoms with Crippen LogP contribution in [-0.2, 0) is 0 Å². The molecule has 0 bridgehead atoms. The van der Waals surface area contributed by atoms with Crippen LogP contribution in [0.5, 0.6) is 0 Å². The zero-order valence-electron chi connectivity index (χ0n) is 5.61. The standard InChI is InChI=1S/C6H11BrN2/c1-5(2)9-4-3-6(7)8/h3-5,8-9H,1-2H3/b4-3-,8-6?. The van der Waals surface area contributed by atoms with Crippen molar-refractivity contribution < 1.29 is 0 Å². The maximum Gasteiger partial charge on any atom is 0.0981 e. The SMILES string of the molecule is CC(C)N/C=C\C(=N)Br. The summed E-state index contributed by atoms with van der Waals surface area (Å²) in [6.07, 6.45) is 3.40. The Labute approximate surface area is 64.0 Å². The average molecular weight is 191 g/mol. The summed E-state index contributed by atoms with van der Waals surface area (Å²) in [5.41, 5.74) is 0. The summed E-state index contributed by atoms with van der Waals surface area (Å²) in [5, 5.41) is 9.95. The van der Waals surface area contributed by atoms with Crippen molar-refractivity contribution in [2.45, 2.75) is 19.9 Å². The molecule has 0 aromatic rings. The predicted molar refractivity (Wildman–Crippen MR) is 44.1 cm³/mol. The van der Waals surface area contributed by atoms with Gasteiger partial charge in [0.05, 0.1) is 4.62 Å². The van der Waals surface area contributed by atoms with Crippen molar-refractivity contribution >= 4 is 20.6 Å². The second kappa shape index (κ2) is 4.56. The Morgan fingerprint density at radius 1 is 1.67 bits per heavy atom. The quantitative estimate of drug-likeness (QED) is 0.656. The van der Waals surface area contributed by atoms with Crippen molar-refractivity contribution in [2.24, 2.45) is 0 Å². The fraction of sp³-hybridized carbons (Fsp3) is 0.500. The summed E-state index contributed by atoms with van der Waals surface area (Å²) < 4.78 is 0.385. The molecule has 3 heteroatoms. The fourth-order valence-corrected chi connectivity index (χ4v) is 0.446. The van der Waals surface area contributed by atoms with E-state index < -0.39 is 0 Å². The summed E-state index contributed by atoms with van der Waals surface area (Å²) >= 11 is 2.98. The fourth-order valence-electron chi connectivity index (χ4n) is 0.314. The van der Waals surface area contributed by atoms with Crippen LogP contribution in [0, 0.1) is 5.41 Å². The molecular weight excluding hydrogens is 180 g/mol. The Morgan fingerprint density at radius 3 is 2.56 bits per heavy atom. The third-order valence-electron chi connectivity index (χ3n) is 0.659. The van der Waals surface area contributed by atoms with E-state index in [9.17, 15) is 0 Å². The second-order valence-corrected chi connectivity index (χ2v) is 2.86. The molecule has 2 nitrogen and oxygen atoms in total. The Morgan fingerprint density at radius 2 is 2.22 bits per heavy atom. The molecule has 9 heavy (non-hydrogen) atoms. The highest BCUT2D eigenvalue weighted by atomic mass is 79.9. The van der Waals surface area contributed by atoms with Crippen LogP contribution in [-0.4, -0.2) is 10.7 Å². The molecule has 0 radical (unpaired) electrons. The molecule has 0 amide bonds. The first kappa shape index (κ1) is 8.69. The van der Waals surface area contributed by atoms with E-state index in [2.05, 4.69) is 21.2 Å². The lowest BCUT2D eigenvalue weighted by atomic mass is 10.4. The average Bonchev–Trinajstić information content (AvgIpc) is 1.63. The summed E-state index contributed by atoms with van der Waals surface area (Å²) in [6.45, 7) is 4.09. The van der Waals surface area contributed by atoms with Gasteiger partial charge in [-0.15, -0.1) is 0 Å². The third-order valence-corrected chi connectivity index (χ3v) is 0.924. The number of nitrogens with one attached hydrogen (secondary N) is 2. The molecule has 0 aromatic carbocycles. The van der Waals surface area contributed by atoms with E-state index in [1.54, 1.807) is 12.3 Å². The van der Waals surface area contributed by atoms with Gasteiger partial charge in [-0.25, -0.2) is 0 Å². The van der Waals surface area contributed by atoms with Crippen LogP contribution in [0.1, 0.15) is 13.8 Å². The van der Waals surface area contributed by atoms with Gasteiger partial charge < -0.3 is 5.32 Å². The molecule has 0 saturated carbocycles. The Bertz CT molecular complexity index is 118. The van der Waals surface area contributed by atoms with E-state index in [-0.39, 0.29) is 0 Å². The Balaban J connectivity index is 3.36. The van der Waals surface area contributed by atoms with E-state index in [1.807, 2.05) is 13.8 Å². The lowest BCUT2D eigenvalue weighted by Gasteiger charge is -2.01. The Kier molecular flexibility index (Phi) is 4.40. The predicted octanol–water partition coefficient (Wildman–Crippen LogP) is 1.87. The van der Waals surface area contributed by atoms with Crippen molar-refractivity contribution in [1.82, 2.24) is 5.32 Å². The van der Waals surface area contributed by atoms with E-state index in [0.29, 0.717) is 10.7 Å². The van der Waals surface area contributed by atoms with Crippen LogP contribution in [0.15, 0.2) is 12.3 Å². The monoisotopic (exact) mass is 190 g/mol. The van der Waals surface area contributed by atoms with Gasteiger partial charge in [0.15, 0.2) is 0 Å². The first-order chi connectivity index (χ1) is 4.13. The van der Waals surface area contributed by atoms with Crippen molar-refractivity contribution in [3.63, 3.8) is 0 Å². The number of allylic oxidation sites excluding steroid dienone is 1. The third kappa shape index (κ3) is 7.69. The Hall–Kier alpha value is -0.310. The van der Waals surface area contributed by atoms with Gasteiger partial charge in [-0.1, -0.05) is 0 Å². The summed E-state index contributed by atoms with van der Waals surface area (Å²) in [5.74, 6) is 0. The lowest BCUT2D eigenvalue weighted by Crippen LogP contribution is -2.15. The van der Waals surface area contributed by atoms with Gasteiger partial charge in [0.2, 0.25) is 0 Å². The molecule has 0 atom stereocenters. The molecular formula is C6H11BrN2. The van der Waals surface area contributed by atoms with Crippen molar-refractivity contribution in [3.05, 3.63) is 12.3 Å². The van der Waals surface area contributed by atoms with Gasteiger partial charge >= 0.3 is 0 Å². The zero-order valence-corrected chi connectivity index (χ0v) is 7.20. The minimum Gasteiger partial charge on any atom is -0.389 e. The topological polar surface area (TPSA) is 35.9 Å². The number of hydrogen-bond donors (Lipinski definition) is 2. The minimum atomic E-state index is 0.385. The van der Waals surface area contributed by atoms with E-state index >= 15 is 0 Å². The highest BCUT2D eigenvalue weighted by Crippen LogP contribution is 1.85. The molecule has 0 unspecified atom stereocenters. The van der Waals surface area contributed by atoms with Crippen LogP contribution in [0.3, 0.4) is 0 Å². The molecule has 0 aliphatic rings. The summed E-state index contributed by atoms with van der Waals surface area (Å²) in [6, 6.07) is 0.438. The van der Waals surface area contributed by atoms with Crippen molar-refractivity contribution in [3.8, 4) is 0 Å². The maximum absolute atomic E-state index is 6.93. The summed E-state index contributed by atoms with van der Waals surface area (Å²) in [4.78, 5) is 0. The first-order valence-electron chi connectivity index (χ1n) is 2.79. The molecule has 0 aliphatic heterocycles. The van der Waals surface area contributed by atoms with Crippen LogP contribution < -0.4 is 5.32 Å². The number of rotatable bonds is 3. The summed E-state index contributed by atoms with van der Waals surface area (Å²) in [7, 11) is 0. The molecule has 2 N–H and O–H groups in total. The largest absolute Gasteiger partial charge is 0.389 e. The zero-order chi connectivity index (χ0) is 7.28. The molecule has 0 rings (SSSR count). The van der Waals surface area contributed by atoms with Crippen LogP contribution in [0.4, 0.5) is 0 Å². The van der Waals surface area contributed by atoms with Gasteiger partial charge in [0.25, 0.3) is 0 Å². The van der Waals surface area contributed by atoms with E-state index in [4.69, 9.17) is 5.41 Å². The molecule has 0 aliphatic carbocycles. The highest BCUT2D eigenvalue weighted by Gasteiger charge is 1.83. The minimum absolute atomic E-state index is 0.385. The van der Waals surface area contributed by atoms with Gasteiger partial charge in [-0.2, -0.15) is 0 Å². The van der Waals surface area contributed by atoms with Crippen LogP contribution in [0.25, 0.3) is 0 Å². The van der Waals surface area contributed by atoms with Gasteiger partial charge in [0, 0.05) is 6.04 Å². The molecule has 52 valence electrons.